The SMILES string of the molecule is COc1ccc(Cn2c(CCc3ccccc3)nnc2[C@@H](Cc2c[nH]c3ccccc23)N2CCCC[C@H]2N[C]=O)cc1. The number of benzene rings is 3. The molecule has 1 aliphatic heterocycles. The van der Waals surface area contributed by atoms with Crippen molar-refractivity contribution in [3.63, 3.8) is 0 Å². The molecule has 1 saturated heterocycles. The highest BCUT2D eigenvalue weighted by molar-refractivity contribution is 5.83. The zero-order chi connectivity index (χ0) is 28.7. The molecule has 0 spiro atoms. The van der Waals surface area contributed by atoms with Crippen LogP contribution in [0, 0.1) is 0 Å². The molecule has 3 heterocycles. The fraction of sp³-hybridized carbons (Fsp3) is 0.324. The van der Waals surface area contributed by atoms with Gasteiger partial charge in [0.15, 0.2) is 5.82 Å². The molecule has 6 rings (SSSR count). The topological polar surface area (TPSA) is 88.1 Å². The Bertz CT molecular complexity index is 1590. The molecular formula is C34H37N6O2. The molecule has 3 aromatic carbocycles. The van der Waals surface area contributed by atoms with Gasteiger partial charge in [-0.2, -0.15) is 0 Å². The molecule has 8 heteroatoms. The number of nitrogens with one attached hydrogen (secondary N) is 2. The minimum Gasteiger partial charge on any atom is -0.497 e. The number of aromatic amines is 1. The van der Waals surface area contributed by atoms with Crippen LogP contribution in [0.5, 0.6) is 5.75 Å². The lowest BCUT2D eigenvalue weighted by Crippen LogP contribution is -2.50. The quantitative estimate of drug-likeness (QED) is 0.201. The maximum absolute atomic E-state index is 11.5. The molecule has 0 bridgehead atoms. The molecule has 2 N–H and O–H groups in total. The van der Waals surface area contributed by atoms with Gasteiger partial charge < -0.3 is 19.6 Å². The molecule has 1 aliphatic rings. The fourth-order valence-electron chi connectivity index (χ4n) is 6.18. The van der Waals surface area contributed by atoms with E-state index in [4.69, 9.17) is 14.9 Å². The average Bonchev–Trinajstić information content (AvgIpc) is 3.64. The van der Waals surface area contributed by atoms with Gasteiger partial charge in [-0.1, -0.05) is 60.7 Å². The first-order valence-corrected chi connectivity index (χ1v) is 14.8. The van der Waals surface area contributed by atoms with Crippen LogP contribution in [-0.4, -0.2) is 50.9 Å². The number of aromatic nitrogens is 4. The van der Waals surface area contributed by atoms with E-state index in [2.05, 4.69) is 86.6 Å². The first kappa shape index (κ1) is 27.7. The molecule has 2 atom stereocenters. The number of rotatable bonds is 12. The number of ether oxygens (including phenoxy) is 1. The van der Waals surface area contributed by atoms with E-state index < -0.39 is 0 Å². The Morgan fingerprint density at radius 3 is 2.60 bits per heavy atom. The maximum atomic E-state index is 11.5. The second kappa shape index (κ2) is 13.0. The van der Waals surface area contributed by atoms with Crippen LogP contribution in [0.3, 0.4) is 0 Å². The van der Waals surface area contributed by atoms with Gasteiger partial charge in [0.25, 0.3) is 0 Å². The van der Waals surface area contributed by atoms with E-state index in [0.29, 0.717) is 6.54 Å². The van der Waals surface area contributed by atoms with Crippen LogP contribution < -0.4 is 10.1 Å². The third-order valence-electron chi connectivity index (χ3n) is 8.39. The van der Waals surface area contributed by atoms with Gasteiger partial charge in [-0.3, -0.25) is 9.69 Å². The van der Waals surface area contributed by atoms with Crippen molar-refractivity contribution in [2.45, 2.75) is 57.3 Å². The Hall–Kier alpha value is -4.43. The van der Waals surface area contributed by atoms with Crippen molar-refractivity contribution < 1.29 is 9.53 Å². The molecule has 0 unspecified atom stereocenters. The first-order valence-electron chi connectivity index (χ1n) is 14.8. The minimum absolute atomic E-state index is 0.0911. The van der Waals surface area contributed by atoms with Crippen LogP contribution in [0.1, 0.15) is 53.6 Å². The molecule has 2 aromatic heterocycles. The number of methoxy groups -OCH3 is 1. The summed E-state index contributed by atoms with van der Waals surface area (Å²) >= 11 is 0. The summed E-state index contributed by atoms with van der Waals surface area (Å²) in [6.45, 7) is 1.51. The van der Waals surface area contributed by atoms with Crippen molar-refractivity contribution >= 4 is 17.3 Å². The number of carbonyl (C=O) groups excluding carboxylic acids is 1. The second-order valence-electron chi connectivity index (χ2n) is 11.0. The molecule has 42 heavy (non-hydrogen) atoms. The predicted octanol–water partition coefficient (Wildman–Crippen LogP) is 5.35. The van der Waals surface area contributed by atoms with E-state index in [1.807, 2.05) is 24.6 Å². The monoisotopic (exact) mass is 561 g/mol. The number of H-pyrrole nitrogens is 1. The minimum atomic E-state index is -0.106. The number of nitrogens with zero attached hydrogens (tertiary/aromatic N) is 4. The van der Waals surface area contributed by atoms with Crippen LogP contribution in [0.2, 0.25) is 0 Å². The van der Waals surface area contributed by atoms with Gasteiger partial charge >= 0.3 is 6.41 Å². The summed E-state index contributed by atoms with van der Waals surface area (Å²) in [5.41, 5.74) is 4.76. The van der Waals surface area contributed by atoms with Crippen molar-refractivity contribution in [3.05, 3.63) is 113 Å². The van der Waals surface area contributed by atoms with E-state index in [1.165, 1.54) is 16.5 Å². The average molecular weight is 562 g/mol. The van der Waals surface area contributed by atoms with E-state index >= 15 is 0 Å². The van der Waals surface area contributed by atoms with Gasteiger partial charge in [0, 0.05) is 30.1 Å². The van der Waals surface area contributed by atoms with Crippen molar-refractivity contribution in [3.8, 4) is 5.75 Å². The van der Waals surface area contributed by atoms with Crippen LogP contribution in [0.4, 0.5) is 0 Å². The number of hydrogen-bond donors (Lipinski definition) is 2. The van der Waals surface area contributed by atoms with E-state index in [-0.39, 0.29) is 12.2 Å². The van der Waals surface area contributed by atoms with Crippen molar-refractivity contribution in [1.82, 2.24) is 30.0 Å². The molecule has 5 aromatic rings. The van der Waals surface area contributed by atoms with Crippen molar-refractivity contribution in [1.29, 1.82) is 0 Å². The van der Waals surface area contributed by atoms with Gasteiger partial charge in [-0.05, 0) is 67.0 Å². The number of para-hydroxylation sites is 1. The summed E-state index contributed by atoms with van der Waals surface area (Å²) in [5.74, 6) is 2.70. The summed E-state index contributed by atoms with van der Waals surface area (Å²) in [6, 6.07) is 27.0. The first-order chi connectivity index (χ1) is 20.7. The summed E-state index contributed by atoms with van der Waals surface area (Å²) in [5, 5.41) is 13.9. The third-order valence-corrected chi connectivity index (χ3v) is 8.39. The summed E-state index contributed by atoms with van der Waals surface area (Å²) < 4.78 is 7.70. The van der Waals surface area contributed by atoms with Crippen molar-refractivity contribution in [2.75, 3.05) is 13.7 Å². The summed E-state index contributed by atoms with van der Waals surface area (Å²) in [4.78, 5) is 17.4. The van der Waals surface area contributed by atoms with Crippen LogP contribution >= 0.6 is 0 Å². The highest BCUT2D eigenvalue weighted by Gasteiger charge is 2.34. The number of hydrogen-bond acceptors (Lipinski definition) is 5. The summed E-state index contributed by atoms with van der Waals surface area (Å²) in [7, 11) is 1.68. The molecule has 1 amide bonds. The lowest BCUT2D eigenvalue weighted by Gasteiger charge is -2.40. The second-order valence-corrected chi connectivity index (χ2v) is 11.0. The Labute approximate surface area is 246 Å². The maximum Gasteiger partial charge on any atom is 0.310 e. The third kappa shape index (κ3) is 6.09. The van der Waals surface area contributed by atoms with Crippen LogP contribution in [0.15, 0.2) is 85.1 Å². The highest BCUT2D eigenvalue weighted by atomic mass is 16.5. The molecule has 215 valence electrons. The molecule has 0 aliphatic carbocycles. The Morgan fingerprint density at radius 1 is 0.976 bits per heavy atom. The fourth-order valence-corrected chi connectivity index (χ4v) is 6.18. The Kier molecular flexibility index (Phi) is 8.61. The largest absolute Gasteiger partial charge is 0.497 e. The van der Waals surface area contributed by atoms with Crippen LogP contribution in [-0.2, 0) is 30.6 Å². The van der Waals surface area contributed by atoms with Crippen LogP contribution in [0.25, 0.3) is 10.9 Å². The molecule has 1 radical (unpaired) electrons. The molecular weight excluding hydrogens is 524 g/mol. The standard InChI is InChI=1S/C34H37N6O2/c1-42-28-17-14-26(15-18-28)23-40-33(19-16-25-9-3-2-4-10-25)37-38-34(40)31(39-20-8-7-13-32(39)36-24-41)21-27-22-35-30-12-6-5-11-29(27)30/h2-6,9-12,14-15,17-18,22,31-32,35H,7-8,13,16,19-21,23H2,1H3,(H,36,41)/t31-,32+/m1/s1. The molecule has 8 nitrogen and oxygen atoms in total. The Morgan fingerprint density at radius 2 is 1.79 bits per heavy atom. The van der Waals surface area contributed by atoms with E-state index in [0.717, 1.165) is 73.5 Å². The number of piperidine rings is 1. The van der Waals surface area contributed by atoms with Gasteiger partial charge in [-0.25, -0.2) is 0 Å². The van der Waals surface area contributed by atoms with E-state index in [1.54, 1.807) is 7.11 Å². The van der Waals surface area contributed by atoms with Gasteiger partial charge in [0.05, 0.1) is 25.9 Å². The van der Waals surface area contributed by atoms with Gasteiger partial charge in [0.2, 0.25) is 0 Å². The highest BCUT2D eigenvalue weighted by Crippen LogP contribution is 2.33. The molecule has 0 saturated carbocycles. The smallest absolute Gasteiger partial charge is 0.310 e. The van der Waals surface area contributed by atoms with E-state index in [9.17, 15) is 4.79 Å². The number of fused-ring (bicyclic) bond motifs is 1. The lowest BCUT2D eigenvalue weighted by atomic mass is 9.98. The predicted molar refractivity (Wildman–Crippen MR) is 164 cm³/mol. The van der Waals surface area contributed by atoms with Crippen molar-refractivity contribution in [2.24, 2.45) is 0 Å². The zero-order valence-electron chi connectivity index (χ0n) is 24.0. The number of aryl methyl sites for hydroxylation is 2. The molecule has 1 fully saturated rings. The zero-order valence-corrected chi connectivity index (χ0v) is 24.0. The summed E-state index contributed by atoms with van der Waals surface area (Å²) in [6.07, 6.45) is 9.37. The lowest BCUT2D eigenvalue weighted by molar-refractivity contribution is 0.0777. The number of amides is 1. The van der Waals surface area contributed by atoms with Gasteiger partial charge in [-0.15, -0.1) is 10.2 Å². The Balaban J connectivity index is 1.41. The van der Waals surface area contributed by atoms with Gasteiger partial charge in [0.1, 0.15) is 11.6 Å². The normalized spacial score (nSPS) is 16.4. The number of likely N-dealkylation sites (tertiary alicyclic amines) is 1.